The van der Waals surface area contributed by atoms with Crippen LogP contribution < -0.4 is 0 Å². The zero-order valence-corrected chi connectivity index (χ0v) is 14.1. The van der Waals surface area contributed by atoms with Crippen molar-refractivity contribution in [2.75, 3.05) is 25.7 Å². The number of ether oxygens (including phenoxy) is 1. The molecule has 1 aliphatic rings. The van der Waals surface area contributed by atoms with Crippen LogP contribution in [0.5, 0.6) is 0 Å². The SMILES string of the molecule is CCOC(=O)C(CC1CCCCC1)CP(=O)(CO)OCC. The summed E-state index contributed by atoms with van der Waals surface area (Å²) >= 11 is 0. The number of carbonyl (C=O) groups is 1. The second-order valence-electron chi connectivity index (χ2n) is 5.75. The maximum atomic E-state index is 12.5. The fourth-order valence-corrected chi connectivity index (χ4v) is 4.80. The predicted octanol–water partition coefficient (Wildman–Crippen LogP) is 3.40. The lowest BCUT2D eigenvalue weighted by Gasteiger charge is -2.27. The van der Waals surface area contributed by atoms with Crippen LogP contribution in [0, 0.1) is 11.8 Å². The Morgan fingerprint density at radius 1 is 1.24 bits per heavy atom. The van der Waals surface area contributed by atoms with Crippen LogP contribution in [0.4, 0.5) is 0 Å². The molecule has 1 fully saturated rings. The van der Waals surface area contributed by atoms with E-state index >= 15 is 0 Å². The number of aliphatic hydroxyl groups is 1. The van der Waals surface area contributed by atoms with Gasteiger partial charge in [-0.25, -0.2) is 0 Å². The van der Waals surface area contributed by atoms with E-state index in [-0.39, 0.29) is 18.7 Å². The minimum Gasteiger partial charge on any atom is -0.466 e. The van der Waals surface area contributed by atoms with E-state index in [1.165, 1.54) is 19.3 Å². The highest BCUT2D eigenvalue weighted by Gasteiger charge is 2.33. The Morgan fingerprint density at radius 3 is 2.43 bits per heavy atom. The molecule has 0 amide bonds. The molecule has 1 saturated carbocycles. The molecule has 0 aromatic rings. The molecule has 0 heterocycles. The van der Waals surface area contributed by atoms with Crippen LogP contribution in [-0.2, 0) is 18.6 Å². The standard InChI is InChI=1S/C15H29O5P/c1-3-19-15(17)14(10-13-8-6-5-7-9-13)11-21(18,12-16)20-4-2/h13-14,16H,3-12H2,1-2H3. The van der Waals surface area contributed by atoms with E-state index < -0.39 is 19.6 Å². The Morgan fingerprint density at radius 2 is 1.90 bits per heavy atom. The lowest BCUT2D eigenvalue weighted by molar-refractivity contribution is -0.148. The van der Waals surface area contributed by atoms with Gasteiger partial charge in [-0.1, -0.05) is 32.1 Å². The zero-order valence-electron chi connectivity index (χ0n) is 13.3. The first-order valence-corrected chi connectivity index (χ1v) is 10.0. The third-order valence-electron chi connectivity index (χ3n) is 4.04. The molecular weight excluding hydrogens is 291 g/mol. The van der Waals surface area contributed by atoms with Crippen LogP contribution >= 0.6 is 7.37 Å². The molecule has 2 unspecified atom stereocenters. The average molecular weight is 320 g/mol. The lowest BCUT2D eigenvalue weighted by Crippen LogP contribution is -2.26. The van der Waals surface area contributed by atoms with Crippen LogP contribution in [0.3, 0.4) is 0 Å². The normalized spacial score (nSPS) is 20.7. The first-order valence-electron chi connectivity index (χ1n) is 8.04. The molecular formula is C15H29O5P. The van der Waals surface area contributed by atoms with Gasteiger partial charge < -0.3 is 14.4 Å². The number of aliphatic hydroxyl groups excluding tert-OH is 1. The van der Waals surface area contributed by atoms with Gasteiger partial charge in [0.1, 0.15) is 6.35 Å². The second-order valence-corrected chi connectivity index (χ2v) is 8.28. The third-order valence-corrected chi connectivity index (χ3v) is 6.20. The number of hydrogen-bond donors (Lipinski definition) is 1. The van der Waals surface area contributed by atoms with E-state index in [9.17, 15) is 14.5 Å². The maximum Gasteiger partial charge on any atom is 0.309 e. The first kappa shape index (κ1) is 18.7. The smallest absolute Gasteiger partial charge is 0.309 e. The average Bonchev–Trinajstić information content (AvgIpc) is 2.48. The third kappa shape index (κ3) is 6.50. The van der Waals surface area contributed by atoms with Crippen molar-refractivity contribution in [3.05, 3.63) is 0 Å². The molecule has 0 saturated heterocycles. The first-order chi connectivity index (χ1) is 10.0. The summed E-state index contributed by atoms with van der Waals surface area (Å²) in [6.45, 7) is 4.10. The van der Waals surface area contributed by atoms with Crippen LogP contribution in [0.25, 0.3) is 0 Å². The summed E-state index contributed by atoms with van der Waals surface area (Å²) in [6, 6.07) is 0. The van der Waals surface area contributed by atoms with E-state index in [0.29, 0.717) is 18.9 Å². The molecule has 0 aliphatic heterocycles. The summed E-state index contributed by atoms with van der Waals surface area (Å²) in [4.78, 5) is 12.1. The molecule has 124 valence electrons. The van der Waals surface area contributed by atoms with Crippen LogP contribution in [-0.4, -0.2) is 36.8 Å². The van der Waals surface area contributed by atoms with Crippen LogP contribution in [0.15, 0.2) is 0 Å². The molecule has 0 aromatic heterocycles. The van der Waals surface area contributed by atoms with Gasteiger partial charge in [-0.15, -0.1) is 0 Å². The summed E-state index contributed by atoms with van der Waals surface area (Å²) in [5.41, 5.74) is 0. The van der Waals surface area contributed by atoms with Gasteiger partial charge in [0.2, 0.25) is 7.37 Å². The summed E-state index contributed by atoms with van der Waals surface area (Å²) in [5.74, 6) is -0.254. The van der Waals surface area contributed by atoms with Crippen molar-refractivity contribution in [3.8, 4) is 0 Å². The second kappa shape index (κ2) is 9.60. The van der Waals surface area contributed by atoms with Gasteiger partial charge in [0, 0.05) is 6.16 Å². The zero-order chi connectivity index (χ0) is 15.7. The maximum absolute atomic E-state index is 12.5. The summed E-state index contributed by atoms with van der Waals surface area (Å²) < 4.78 is 22.8. The van der Waals surface area contributed by atoms with E-state index in [2.05, 4.69) is 0 Å². The quantitative estimate of drug-likeness (QED) is 0.521. The van der Waals surface area contributed by atoms with Crippen molar-refractivity contribution < 1.29 is 23.7 Å². The molecule has 6 heteroatoms. The Balaban J connectivity index is 2.70. The lowest BCUT2D eigenvalue weighted by atomic mass is 9.83. The summed E-state index contributed by atoms with van der Waals surface area (Å²) in [6.07, 6.45) is 6.16. The van der Waals surface area contributed by atoms with Gasteiger partial charge in [0.15, 0.2) is 0 Å². The highest BCUT2D eigenvalue weighted by atomic mass is 31.2. The molecule has 0 spiro atoms. The fraction of sp³-hybridized carbons (Fsp3) is 0.933. The van der Waals surface area contributed by atoms with Gasteiger partial charge in [-0.05, 0) is 26.2 Å². The molecule has 0 aromatic carbocycles. The predicted molar refractivity (Wildman–Crippen MR) is 82.5 cm³/mol. The largest absolute Gasteiger partial charge is 0.466 e. The summed E-state index contributed by atoms with van der Waals surface area (Å²) in [7, 11) is -3.15. The Labute approximate surface area is 127 Å². The highest BCUT2D eigenvalue weighted by molar-refractivity contribution is 7.58. The minimum atomic E-state index is -3.15. The van der Waals surface area contributed by atoms with E-state index in [4.69, 9.17) is 9.26 Å². The molecule has 2 atom stereocenters. The van der Waals surface area contributed by atoms with Crippen molar-refractivity contribution in [2.45, 2.75) is 52.4 Å². The fourth-order valence-electron chi connectivity index (χ4n) is 3.05. The number of carbonyl (C=O) groups excluding carboxylic acids is 1. The number of esters is 1. The van der Waals surface area contributed by atoms with Gasteiger partial charge in [-0.2, -0.15) is 0 Å². The molecule has 21 heavy (non-hydrogen) atoms. The van der Waals surface area contributed by atoms with Gasteiger partial charge >= 0.3 is 5.97 Å². The molecule has 1 rings (SSSR count). The van der Waals surface area contributed by atoms with Crippen LogP contribution in [0.1, 0.15) is 52.4 Å². The van der Waals surface area contributed by atoms with Crippen LogP contribution in [0.2, 0.25) is 0 Å². The highest BCUT2D eigenvalue weighted by Crippen LogP contribution is 2.48. The monoisotopic (exact) mass is 320 g/mol. The molecule has 0 radical (unpaired) electrons. The Kier molecular flexibility index (Phi) is 8.53. The summed E-state index contributed by atoms with van der Waals surface area (Å²) in [5, 5.41) is 9.34. The number of rotatable bonds is 9. The van der Waals surface area contributed by atoms with E-state index in [1.54, 1.807) is 13.8 Å². The van der Waals surface area contributed by atoms with Crippen molar-refractivity contribution >= 4 is 13.3 Å². The Bertz CT molecular complexity index is 352. The molecule has 5 nitrogen and oxygen atoms in total. The van der Waals surface area contributed by atoms with Crippen molar-refractivity contribution in [1.82, 2.24) is 0 Å². The van der Waals surface area contributed by atoms with Crippen molar-refractivity contribution in [1.29, 1.82) is 0 Å². The van der Waals surface area contributed by atoms with Crippen molar-refractivity contribution in [2.24, 2.45) is 11.8 Å². The van der Waals surface area contributed by atoms with Gasteiger partial charge in [0.25, 0.3) is 0 Å². The Hall–Kier alpha value is -0.380. The van der Waals surface area contributed by atoms with Crippen molar-refractivity contribution in [3.63, 3.8) is 0 Å². The van der Waals surface area contributed by atoms with E-state index in [1.807, 2.05) is 0 Å². The molecule has 0 bridgehead atoms. The van der Waals surface area contributed by atoms with E-state index in [0.717, 1.165) is 12.8 Å². The molecule has 1 N–H and O–H groups in total. The van der Waals surface area contributed by atoms with Gasteiger partial charge in [0.05, 0.1) is 19.1 Å². The topological polar surface area (TPSA) is 72.8 Å². The minimum absolute atomic E-state index is 0.0900. The number of hydrogen-bond acceptors (Lipinski definition) is 5. The molecule has 1 aliphatic carbocycles. The van der Waals surface area contributed by atoms with Gasteiger partial charge in [-0.3, -0.25) is 9.36 Å².